The van der Waals surface area contributed by atoms with Gasteiger partial charge < -0.3 is 14.7 Å². The average Bonchev–Trinajstić information content (AvgIpc) is 3.27. The maximum Gasteiger partial charge on any atom is 0.404 e. The molecule has 3 aliphatic rings. The van der Waals surface area contributed by atoms with Crippen LogP contribution in [-0.4, -0.2) is 43.1 Å². The minimum atomic E-state index is -5.34. The minimum absolute atomic E-state index is 0.259. The number of carbonyl (C=O) groups excluding carboxylic acids is 3. The Labute approximate surface area is 222 Å². The highest BCUT2D eigenvalue weighted by atomic mass is 19.4. The van der Waals surface area contributed by atoms with Gasteiger partial charge in [-0.25, -0.2) is 0 Å². The summed E-state index contributed by atoms with van der Waals surface area (Å²) in [6, 6.07) is 19.9. The number of nitrogens with zero attached hydrogens (tertiary/aromatic N) is 1. The molecule has 39 heavy (non-hydrogen) atoms. The Morgan fingerprint density at radius 1 is 0.949 bits per heavy atom. The number of aliphatic hydroxyl groups is 1. The Morgan fingerprint density at radius 3 is 2.18 bits per heavy atom. The second-order valence-corrected chi connectivity index (χ2v) is 10.5. The number of hydrogen-bond acceptors (Lipinski definition) is 5. The summed E-state index contributed by atoms with van der Waals surface area (Å²) in [7, 11) is 2.47. The van der Waals surface area contributed by atoms with Crippen LogP contribution in [0.2, 0.25) is 0 Å². The van der Waals surface area contributed by atoms with Crippen LogP contribution in [0, 0.1) is 11.3 Å². The lowest BCUT2D eigenvalue weighted by atomic mass is 9.44. The molecule has 0 radical (unpaired) electrons. The van der Waals surface area contributed by atoms with Gasteiger partial charge in [-0.05, 0) is 29.2 Å². The van der Waals surface area contributed by atoms with Gasteiger partial charge in [0.15, 0.2) is 11.2 Å². The van der Waals surface area contributed by atoms with E-state index in [9.17, 15) is 19.5 Å². The first-order valence-electron chi connectivity index (χ1n) is 12.4. The number of ketones is 1. The summed E-state index contributed by atoms with van der Waals surface area (Å²) in [5.41, 5.74) is -8.20. The van der Waals surface area contributed by atoms with E-state index in [1.807, 2.05) is 0 Å². The zero-order valence-corrected chi connectivity index (χ0v) is 21.0. The van der Waals surface area contributed by atoms with Crippen molar-refractivity contribution in [3.05, 3.63) is 101 Å². The minimum Gasteiger partial charge on any atom is -0.469 e. The molecule has 0 aromatic heterocycles. The van der Waals surface area contributed by atoms with Gasteiger partial charge in [0.05, 0.1) is 18.4 Å². The number of Topliss-reactive ketones (excluding diaryl/α,β-unsaturated/α-hetero) is 1. The van der Waals surface area contributed by atoms with Gasteiger partial charge in [0.25, 0.3) is 0 Å². The molecule has 1 amide bonds. The summed E-state index contributed by atoms with van der Waals surface area (Å²) in [4.78, 5) is 43.3. The Morgan fingerprint density at radius 2 is 1.54 bits per heavy atom. The van der Waals surface area contributed by atoms with E-state index < -0.39 is 58.5 Å². The third-order valence-corrected chi connectivity index (χ3v) is 9.01. The van der Waals surface area contributed by atoms with Crippen molar-refractivity contribution in [2.75, 3.05) is 19.1 Å². The number of carbonyl (C=O) groups is 3. The molecule has 1 aliphatic heterocycles. The Hall–Kier alpha value is -3.98. The fraction of sp³-hybridized carbons (Fsp3) is 0.300. The Balaban J connectivity index is 1.81. The van der Waals surface area contributed by atoms with E-state index in [-0.39, 0.29) is 16.7 Å². The normalized spacial score (nSPS) is 31.2. The zero-order chi connectivity index (χ0) is 28.0. The molecule has 1 N–H and O–H groups in total. The summed E-state index contributed by atoms with van der Waals surface area (Å²) in [6.07, 6.45) is -6.42. The lowest BCUT2D eigenvalue weighted by Gasteiger charge is -2.58. The van der Waals surface area contributed by atoms with Crippen LogP contribution >= 0.6 is 0 Å². The second-order valence-electron chi connectivity index (χ2n) is 10.5. The zero-order valence-electron chi connectivity index (χ0n) is 21.0. The topological polar surface area (TPSA) is 83.9 Å². The number of benzene rings is 3. The van der Waals surface area contributed by atoms with Gasteiger partial charge in [-0.3, -0.25) is 14.4 Å². The predicted molar refractivity (Wildman–Crippen MR) is 134 cm³/mol. The van der Waals surface area contributed by atoms with Crippen LogP contribution < -0.4 is 4.90 Å². The molecule has 1 saturated carbocycles. The second kappa shape index (κ2) is 8.02. The largest absolute Gasteiger partial charge is 0.469 e. The first kappa shape index (κ1) is 25.3. The van der Waals surface area contributed by atoms with Gasteiger partial charge in [-0.2, -0.15) is 13.2 Å². The number of rotatable bonds is 2. The summed E-state index contributed by atoms with van der Waals surface area (Å²) in [5.74, 6) is -6.47. The molecule has 0 saturated heterocycles. The van der Waals surface area contributed by atoms with Gasteiger partial charge in [0, 0.05) is 24.2 Å². The van der Waals surface area contributed by atoms with Gasteiger partial charge in [-0.15, -0.1) is 0 Å². The van der Waals surface area contributed by atoms with Crippen molar-refractivity contribution in [3.63, 3.8) is 0 Å². The van der Waals surface area contributed by atoms with Crippen LogP contribution in [0.5, 0.6) is 0 Å². The van der Waals surface area contributed by atoms with Crippen molar-refractivity contribution in [2.45, 2.75) is 29.5 Å². The molecule has 2 aliphatic carbocycles. The van der Waals surface area contributed by atoms with Crippen molar-refractivity contribution in [1.82, 2.24) is 0 Å². The number of fused-ring (bicyclic) bond motifs is 5. The van der Waals surface area contributed by atoms with Crippen LogP contribution in [-0.2, 0) is 25.3 Å². The van der Waals surface area contributed by atoms with Crippen molar-refractivity contribution in [2.24, 2.45) is 11.3 Å². The number of ether oxygens (including phenoxy) is 1. The standard InChI is InChI=1S/C30H24F3NO5/c1-34-21-15-9-8-14-20(21)27(26(34)37)16-28(30(31,32)33)24(35)18-12-6-7-13-19(18)29(28,38)23(25(36)39-2)22(27)17-10-4-3-5-11-17/h3-15,22-23,38H,16H2,1-2H3/t22-,23+,27-,28-,29-/m0/s1. The van der Waals surface area contributed by atoms with E-state index in [1.54, 1.807) is 54.6 Å². The Kier molecular flexibility index (Phi) is 5.20. The highest BCUT2D eigenvalue weighted by Crippen LogP contribution is 2.74. The van der Waals surface area contributed by atoms with E-state index in [0.29, 0.717) is 11.3 Å². The van der Waals surface area contributed by atoms with E-state index in [4.69, 9.17) is 4.74 Å². The Bertz CT molecular complexity index is 1540. The number of halogens is 3. The van der Waals surface area contributed by atoms with Gasteiger partial charge >= 0.3 is 12.1 Å². The highest BCUT2D eigenvalue weighted by molar-refractivity contribution is 6.13. The summed E-state index contributed by atoms with van der Waals surface area (Å²) >= 11 is 0. The number of anilines is 1. The first-order chi connectivity index (χ1) is 18.5. The number of likely N-dealkylation sites (N-methyl/N-ethyl adjacent to an activating group) is 1. The van der Waals surface area contributed by atoms with Crippen LogP contribution in [0.25, 0.3) is 0 Å². The first-order valence-corrected chi connectivity index (χ1v) is 12.4. The number of alkyl halides is 3. The molecular formula is C30H24F3NO5. The molecule has 9 heteroatoms. The van der Waals surface area contributed by atoms with Crippen LogP contribution in [0.1, 0.15) is 39.4 Å². The molecular weight excluding hydrogens is 511 g/mol. The smallest absolute Gasteiger partial charge is 0.404 e. The van der Waals surface area contributed by atoms with E-state index in [2.05, 4.69) is 0 Å². The average molecular weight is 536 g/mol. The molecule has 5 atom stereocenters. The fourth-order valence-corrected chi connectivity index (χ4v) is 7.50. The molecule has 6 nitrogen and oxygen atoms in total. The molecule has 1 heterocycles. The number of para-hydroxylation sites is 1. The number of hydrogen-bond donors (Lipinski definition) is 1. The van der Waals surface area contributed by atoms with Gasteiger partial charge in [-0.1, -0.05) is 72.8 Å². The molecule has 200 valence electrons. The van der Waals surface area contributed by atoms with Crippen LogP contribution in [0.15, 0.2) is 78.9 Å². The van der Waals surface area contributed by atoms with Gasteiger partial charge in [0.1, 0.15) is 5.60 Å². The van der Waals surface area contributed by atoms with Crippen LogP contribution in [0.4, 0.5) is 18.9 Å². The van der Waals surface area contributed by atoms with Crippen molar-refractivity contribution in [1.29, 1.82) is 0 Å². The SMILES string of the molecule is COC(=O)[C@H]1[C@H](c2ccccc2)[C@@]2(C[C@]3(C(F)(F)F)C(=O)c4ccccc4[C@]13O)C(=O)N(C)c1ccccc12. The quantitative estimate of drug-likeness (QED) is 0.489. The summed E-state index contributed by atoms with van der Waals surface area (Å²) in [6.45, 7) is 0. The summed E-state index contributed by atoms with van der Waals surface area (Å²) < 4.78 is 51.9. The molecule has 1 fully saturated rings. The van der Waals surface area contributed by atoms with Crippen LogP contribution in [0.3, 0.4) is 0 Å². The van der Waals surface area contributed by atoms with E-state index in [0.717, 1.165) is 7.11 Å². The van der Waals surface area contributed by atoms with E-state index >= 15 is 13.2 Å². The molecule has 3 aromatic carbocycles. The van der Waals surface area contributed by atoms with E-state index in [1.165, 1.54) is 36.2 Å². The lowest BCUT2D eigenvalue weighted by molar-refractivity contribution is -0.295. The predicted octanol–water partition coefficient (Wildman–Crippen LogP) is 4.51. The maximum atomic E-state index is 15.6. The maximum absolute atomic E-state index is 15.6. The van der Waals surface area contributed by atoms with Crippen molar-refractivity contribution >= 4 is 23.3 Å². The third-order valence-electron chi connectivity index (χ3n) is 9.01. The molecule has 0 bridgehead atoms. The number of methoxy groups -OCH3 is 1. The van der Waals surface area contributed by atoms with Crippen molar-refractivity contribution in [3.8, 4) is 0 Å². The molecule has 0 unspecified atom stereocenters. The molecule has 1 spiro atoms. The molecule has 3 aromatic rings. The molecule has 6 rings (SSSR count). The lowest BCUT2D eigenvalue weighted by Crippen LogP contribution is -2.70. The number of amides is 1. The monoisotopic (exact) mass is 535 g/mol. The summed E-state index contributed by atoms with van der Waals surface area (Å²) in [5, 5.41) is 12.5. The van der Waals surface area contributed by atoms with Gasteiger partial charge in [0.2, 0.25) is 5.91 Å². The number of esters is 1. The highest BCUT2D eigenvalue weighted by Gasteiger charge is 2.85. The van der Waals surface area contributed by atoms with Crippen molar-refractivity contribution < 1.29 is 37.4 Å². The third kappa shape index (κ3) is 2.78. The fourth-order valence-electron chi connectivity index (χ4n) is 7.50.